The monoisotopic (exact) mass is 234 g/mol. The summed E-state index contributed by atoms with van der Waals surface area (Å²) in [5, 5.41) is 8.75. The SMILES string of the molecule is CCC1CC2C(=O)N(CC(C)C#N)C(=O)C2C1. The van der Waals surface area contributed by atoms with Crippen LogP contribution < -0.4 is 0 Å². The van der Waals surface area contributed by atoms with Gasteiger partial charge in [0.1, 0.15) is 0 Å². The Morgan fingerprint density at radius 3 is 2.29 bits per heavy atom. The maximum atomic E-state index is 12.1. The zero-order chi connectivity index (χ0) is 12.6. The van der Waals surface area contributed by atoms with Crippen LogP contribution in [-0.4, -0.2) is 23.3 Å². The highest BCUT2D eigenvalue weighted by atomic mass is 16.2. The van der Waals surface area contributed by atoms with Crippen LogP contribution in [0.2, 0.25) is 0 Å². The first kappa shape index (κ1) is 12.1. The molecular formula is C13H18N2O2. The first-order valence-electron chi connectivity index (χ1n) is 6.33. The number of likely N-dealkylation sites (tertiary alicyclic amines) is 1. The fourth-order valence-electron chi connectivity index (χ4n) is 3.03. The first-order chi connectivity index (χ1) is 8.08. The topological polar surface area (TPSA) is 61.2 Å². The lowest BCUT2D eigenvalue weighted by Gasteiger charge is -2.18. The van der Waals surface area contributed by atoms with E-state index < -0.39 is 0 Å². The Kier molecular flexibility index (Phi) is 3.19. The number of imide groups is 1. The van der Waals surface area contributed by atoms with Crippen LogP contribution in [0.25, 0.3) is 0 Å². The van der Waals surface area contributed by atoms with Gasteiger partial charge in [-0.25, -0.2) is 0 Å². The molecule has 0 radical (unpaired) electrons. The van der Waals surface area contributed by atoms with Gasteiger partial charge in [0, 0.05) is 6.54 Å². The van der Waals surface area contributed by atoms with Gasteiger partial charge in [0.2, 0.25) is 11.8 Å². The molecule has 1 saturated heterocycles. The lowest BCUT2D eigenvalue weighted by molar-refractivity contribution is -0.140. The van der Waals surface area contributed by atoms with Crippen molar-refractivity contribution in [3.63, 3.8) is 0 Å². The Balaban J connectivity index is 2.09. The number of hydrogen-bond acceptors (Lipinski definition) is 3. The average molecular weight is 234 g/mol. The van der Waals surface area contributed by atoms with Crippen LogP contribution in [0.3, 0.4) is 0 Å². The quantitative estimate of drug-likeness (QED) is 0.696. The molecule has 2 rings (SSSR count). The van der Waals surface area contributed by atoms with Crippen LogP contribution >= 0.6 is 0 Å². The summed E-state index contributed by atoms with van der Waals surface area (Å²) < 4.78 is 0. The molecule has 1 heterocycles. The molecular weight excluding hydrogens is 216 g/mol. The number of amides is 2. The molecule has 2 fully saturated rings. The normalized spacial score (nSPS) is 33.7. The van der Waals surface area contributed by atoms with Crippen LogP contribution in [-0.2, 0) is 9.59 Å². The minimum atomic E-state index is -0.274. The largest absolute Gasteiger partial charge is 0.281 e. The van der Waals surface area contributed by atoms with E-state index in [-0.39, 0.29) is 36.1 Å². The number of nitriles is 1. The Morgan fingerprint density at radius 2 is 1.88 bits per heavy atom. The van der Waals surface area contributed by atoms with Crippen LogP contribution in [0.1, 0.15) is 33.1 Å². The molecule has 3 atom stereocenters. The summed E-state index contributed by atoms with van der Waals surface area (Å²) in [6.45, 7) is 4.11. The Bertz CT molecular complexity index is 361. The molecule has 2 amide bonds. The van der Waals surface area contributed by atoms with Gasteiger partial charge < -0.3 is 0 Å². The first-order valence-corrected chi connectivity index (χ1v) is 6.33. The summed E-state index contributed by atoms with van der Waals surface area (Å²) in [6.07, 6.45) is 2.74. The zero-order valence-electron chi connectivity index (χ0n) is 10.3. The third-order valence-electron chi connectivity index (χ3n) is 4.08. The zero-order valence-corrected chi connectivity index (χ0v) is 10.3. The summed E-state index contributed by atoms with van der Waals surface area (Å²) in [4.78, 5) is 25.5. The number of rotatable bonds is 3. The van der Waals surface area contributed by atoms with Crippen molar-refractivity contribution in [2.24, 2.45) is 23.7 Å². The van der Waals surface area contributed by atoms with Crippen LogP contribution in [0.15, 0.2) is 0 Å². The predicted octanol–water partition coefficient (Wildman–Crippen LogP) is 1.57. The smallest absolute Gasteiger partial charge is 0.233 e. The van der Waals surface area contributed by atoms with Crippen molar-refractivity contribution < 1.29 is 9.59 Å². The van der Waals surface area contributed by atoms with Crippen molar-refractivity contribution in [2.75, 3.05) is 6.54 Å². The van der Waals surface area contributed by atoms with Gasteiger partial charge >= 0.3 is 0 Å². The summed E-state index contributed by atoms with van der Waals surface area (Å²) in [5.74, 6) is -0.0371. The summed E-state index contributed by atoms with van der Waals surface area (Å²) in [6, 6.07) is 2.07. The molecule has 0 spiro atoms. The van der Waals surface area contributed by atoms with Crippen LogP contribution in [0, 0.1) is 35.0 Å². The molecule has 1 saturated carbocycles. The van der Waals surface area contributed by atoms with E-state index in [9.17, 15) is 9.59 Å². The average Bonchev–Trinajstić information content (AvgIpc) is 2.85. The standard InChI is InChI=1S/C13H18N2O2/c1-3-9-4-10-11(5-9)13(17)15(12(10)16)7-8(2)6-14/h8-11H,3-5,7H2,1-2H3. The van der Waals surface area contributed by atoms with Gasteiger partial charge in [-0.05, 0) is 25.7 Å². The van der Waals surface area contributed by atoms with Gasteiger partial charge in [-0.3, -0.25) is 14.5 Å². The molecule has 0 N–H and O–H groups in total. The second kappa shape index (κ2) is 4.48. The molecule has 4 nitrogen and oxygen atoms in total. The highest BCUT2D eigenvalue weighted by Gasteiger charge is 2.52. The lowest BCUT2D eigenvalue weighted by atomic mass is 10.00. The highest BCUT2D eigenvalue weighted by molar-refractivity contribution is 6.05. The summed E-state index contributed by atoms with van der Waals surface area (Å²) in [5.41, 5.74) is 0. The van der Waals surface area contributed by atoms with Gasteiger partial charge in [0.15, 0.2) is 0 Å². The minimum absolute atomic E-state index is 0.0435. The predicted molar refractivity (Wildman–Crippen MR) is 61.5 cm³/mol. The van der Waals surface area contributed by atoms with E-state index in [0.717, 1.165) is 19.3 Å². The van der Waals surface area contributed by atoms with Gasteiger partial charge in [0.25, 0.3) is 0 Å². The lowest BCUT2D eigenvalue weighted by Crippen LogP contribution is -2.35. The van der Waals surface area contributed by atoms with Crippen molar-refractivity contribution in [3.05, 3.63) is 0 Å². The fourth-order valence-corrected chi connectivity index (χ4v) is 3.03. The van der Waals surface area contributed by atoms with Crippen molar-refractivity contribution in [3.8, 4) is 6.07 Å². The van der Waals surface area contributed by atoms with E-state index in [2.05, 4.69) is 13.0 Å². The van der Waals surface area contributed by atoms with Crippen molar-refractivity contribution in [1.29, 1.82) is 5.26 Å². The van der Waals surface area contributed by atoms with Crippen molar-refractivity contribution >= 4 is 11.8 Å². The molecule has 1 aliphatic carbocycles. The Labute approximate surface area is 102 Å². The number of carbonyl (C=O) groups excluding carboxylic acids is 2. The van der Waals surface area contributed by atoms with Gasteiger partial charge in [0.05, 0.1) is 23.8 Å². The maximum Gasteiger partial charge on any atom is 0.233 e. The van der Waals surface area contributed by atoms with E-state index in [0.29, 0.717) is 5.92 Å². The third kappa shape index (κ3) is 1.95. The molecule has 92 valence electrons. The molecule has 2 aliphatic rings. The van der Waals surface area contributed by atoms with Crippen LogP contribution in [0.5, 0.6) is 0 Å². The molecule has 0 bridgehead atoms. The molecule has 0 aromatic rings. The highest BCUT2D eigenvalue weighted by Crippen LogP contribution is 2.44. The Hall–Kier alpha value is -1.37. The van der Waals surface area contributed by atoms with Crippen LogP contribution in [0.4, 0.5) is 0 Å². The third-order valence-corrected chi connectivity index (χ3v) is 4.08. The van der Waals surface area contributed by atoms with E-state index in [4.69, 9.17) is 5.26 Å². The van der Waals surface area contributed by atoms with Gasteiger partial charge in [-0.15, -0.1) is 0 Å². The molecule has 17 heavy (non-hydrogen) atoms. The molecule has 4 heteroatoms. The van der Waals surface area contributed by atoms with E-state index in [1.807, 2.05) is 0 Å². The molecule has 1 aliphatic heterocycles. The van der Waals surface area contributed by atoms with Gasteiger partial charge in [-0.2, -0.15) is 5.26 Å². The molecule has 0 aromatic carbocycles. The maximum absolute atomic E-state index is 12.1. The second-order valence-electron chi connectivity index (χ2n) is 5.28. The van der Waals surface area contributed by atoms with E-state index >= 15 is 0 Å². The number of fused-ring (bicyclic) bond motifs is 1. The fraction of sp³-hybridized carbons (Fsp3) is 0.769. The molecule has 3 unspecified atom stereocenters. The number of nitrogens with zero attached hydrogens (tertiary/aromatic N) is 2. The summed E-state index contributed by atoms with van der Waals surface area (Å²) >= 11 is 0. The van der Waals surface area contributed by atoms with E-state index in [1.165, 1.54) is 4.90 Å². The van der Waals surface area contributed by atoms with Crippen molar-refractivity contribution in [2.45, 2.75) is 33.1 Å². The Morgan fingerprint density at radius 1 is 1.35 bits per heavy atom. The van der Waals surface area contributed by atoms with Crippen molar-refractivity contribution in [1.82, 2.24) is 4.90 Å². The minimum Gasteiger partial charge on any atom is -0.281 e. The van der Waals surface area contributed by atoms with E-state index in [1.54, 1.807) is 6.92 Å². The van der Waals surface area contributed by atoms with Gasteiger partial charge in [-0.1, -0.05) is 13.3 Å². The summed E-state index contributed by atoms with van der Waals surface area (Å²) in [7, 11) is 0. The molecule has 0 aromatic heterocycles. The second-order valence-corrected chi connectivity index (χ2v) is 5.28. The number of hydrogen-bond donors (Lipinski definition) is 0. The number of carbonyl (C=O) groups is 2.